The molecule has 0 amide bonds. The van der Waals surface area contributed by atoms with Gasteiger partial charge in [0.05, 0.1) is 18.9 Å². The van der Waals surface area contributed by atoms with Crippen LogP contribution in [0.5, 0.6) is 11.5 Å². The minimum absolute atomic E-state index is 0.0321. The van der Waals surface area contributed by atoms with Gasteiger partial charge in [-0.3, -0.25) is 0 Å². The van der Waals surface area contributed by atoms with Crippen molar-refractivity contribution in [2.24, 2.45) is 0 Å². The second-order valence-electron chi connectivity index (χ2n) is 6.06. The van der Waals surface area contributed by atoms with Gasteiger partial charge in [0.1, 0.15) is 17.5 Å². The van der Waals surface area contributed by atoms with Crippen LogP contribution >= 0.6 is 11.6 Å². The van der Waals surface area contributed by atoms with Crippen molar-refractivity contribution in [1.82, 2.24) is 0 Å². The van der Waals surface area contributed by atoms with Crippen LogP contribution in [0.1, 0.15) is 25.5 Å². The summed E-state index contributed by atoms with van der Waals surface area (Å²) in [5.74, 6) is -1.73. The highest BCUT2D eigenvalue weighted by Gasteiger charge is 2.61. The number of phenolic OH excluding ortho intramolecular Hbond substituents is 1. The predicted octanol–water partition coefficient (Wildman–Crippen LogP) is 3.46. The Kier molecular flexibility index (Phi) is 5.65. The largest absolute Gasteiger partial charge is 0.508 e. The van der Waals surface area contributed by atoms with Crippen LogP contribution in [-0.2, 0) is 19.1 Å². The zero-order valence-electron chi connectivity index (χ0n) is 15.4. The van der Waals surface area contributed by atoms with Gasteiger partial charge < -0.3 is 24.6 Å². The lowest BCUT2D eigenvalue weighted by Crippen LogP contribution is -2.61. The molecule has 7 nitrogen and oxygen atoms in total. The Morgan fingerprint density at radius 3 is 2.39 bits per heavy atom. The normalized spacial score (nSPS) is 16.9. The van der Waals surface area contributed by atoms with Crippen molar-refractivity contribution in [2.45, 2.75) is 25.5 Å². The van der Waals surface area contributed by atoms with E-state index in [1.807, 2.05) is 0 Å². The molecule has 0 bridgehead atoms. The van der Waals surface area contributed by atoms with E-state index in [1.54, 1.807) is 50.2 Å². The van der Waals surface area contributed by atoms with Crippen molar-refractivity contribution < 1.29 is 28.9 Å². The zero-order chi connectivity index (χ0) is 20.3. The number of ether oxygens (including phenoxy) is 3. The quantitative estimate of drug-likeness (QED) is 0.581. The Morgan fingerprint density at radius 2 is 1.79 bits per heavy atom. The van der Waals surface area contributed by atoms with Crippen molar-refractivity contribution >= 4 is 29.2 Å². The lowest BCUT2D eigenvalue weighted by molar-refractivity contribution is -0.182. The average Bonchev–Trinajstić information content (AvgIpc) is 2.67. The third kappa shape index (κ3) is 3.33. The molecular weight excluding hydrogens is 386 g/mol. The summed E-state index contributed by atoms with van der Waals surface area (Å²) >= 11 is 6.07. The Balaban J connectivity index is 2.24. The Bertz CT molecular complexity index is 882. The number of hydrogen-bond acceptors (Lipinski definition) is 7. The molecule has 1 heterocycles. The number of aromatic hydroxyl groups is 1. The van der Waals surface area contributed by atoms with E-state index in [0.717, 1.165) is 0 Å². The third-order valence-electron chi connectivity index (χ3n) is 4.32. The van der Waals surface area contributed by atoms with Gasteiger partial charge in [-0.2, -0.15) is 0 Å². The Morgan fingerprint density at radius 1 is 1.14 bits per heavy atom. The summed E-state index contributed by atoms with van der Waals surface area (Å²) in [6.45, 7) is 3.31. The summed E-state index contributed by atoms with van der Waals surface area (Å²) in [5, 5.41) is 13.9. The molecule has 2 N–H and O–H groups in total. The number of benzene rings is 2. The number of nitrogens with one attached hydrogen (secondary N) is 1. The molecule has 2 aromatic carbocycles. The topological polar surface area (TPSA) is 94.1 Å². The number of hydrogen-bond donors (Lipinski definition) is 2. The molecule has 3 rings (SSSR count). The SMILES string of the molecule is CCOC(=O)C1(C(=O)OCC)Oc2ccc(Cl)cc2NC1c1ccccc1O. The van der Waals surface area contributed by atoms with E-state index in [1.165, 1.54) is 6.07 Å². The van der Waals surface area contributed by atoms with E-state index in [9.17, 15) is 14.7 Å². The van der Waals surface area contributed by atoms with E-state index in [0.29, 0.717) is 10.7 Å². The highest BCUT2D eigenvalue weighted by Crippen LogP contribution is 2.46. The third-order valence-corrected chi connectivity index (χ3v) is 4.56. The maximum atomic E-state index is 13.0. The molecule has 0 radical (unpaired) electrons. The van der Waals surface area contributed by atoms with Gasteiger partial charge in [-0.25, -0.2) is 9.59 Å². The van der Waals surface area contributed by atoms with Crippen LogP contribution in [-0.4, -0.2) is 35.9 Å². The predicted molar refractivity (Wildman–Crippen MR) is 103 cm³/mol. The lowest BCUT2D eigenvalue weighted by atomic mass is 9.85. The molecular formula is C20H20ClNO6. The fourth-order valence-electron chi connectivity index (χ4n) is 3.10. The second kappa shape index (κ2) is 7.98. The second-order valence-corrected chi connectivity index (χ2v) is 6.49. The van der Waals surface area contributed by atoms with Crippen molar-refractivity contribution in [3.63, 3.8) is 0 Å². The van der Waals surface area contributed by atoms with E-state index in [2.05, 4.69) is 5.32 Å². The van der Waals surface area contributed by atoms with E-state index in [4.69, 9.17) is 25.8 Å². The summed E-state index contributed by atoms with van der Waals surface area (Å²) in [6.07, 6.45) is 0. The van der Waals surface area contributed by atoms with Crippen LogP contribution in [0, 0.1) is 0 Å². The zero-order valence-corrected chi connectivity index (χ0v) is 16.2. The van der Waals surface area contributed by atoms with Crippen molar-refractivity contribution in [2.75, 3.05) is 18.5 Å². The first-order valence-electron chi connectivity index (χ1n) is 8.81. The molecule has 1 unspecified atom stereocenters. The van der Waals surface area contributed by atoms with E-state index in [-0.39, 0.29) is 30.3 Å². The first kappa shape index (κ1) is 19.8. The first-order valence-corrected chi connectivity index (χ1v) is 9.19. The summed E-state index contributed by atoms with van der Waals surface area (Å²) in [6, 6.07) is 9.93. The Labute approximate surface area is 167 Å². The number of rotatable bonds is 5. The van der Waals surface area contributed by atoms with Crippen molar-refractivity contribution in [1.29, 1.82) is 0 Å². The molecule has 148 valence electrons. The van der Waals surface area contributed by atoms with E-state index >= 15 is 0 Å². The molecule has 1 atom stereocenters. The molecule has 0 fully saturated rings. The molecule has 1 aliphatic rings. The molecule has 0 saturated heterocycles. The number of phenols is 1. The summed E-state index contributed by atoms with van der Waals surface area (Å²) in [5.41, 5.74) is -1.45. The maximum absolute atomic E-state index is 13.0. The fourth-order valence-corrected chi connectivity index (χ4v) is 3.27. The van der Waals surface area contributed by atoms with E-state index < -0.39 is 23.6 Å². The van der Waals surface area contributed by atoms with Crippen LogP contribution in [0.3, 0.4) is 0 Å². The lowest BCUT2D eigenvalue weighted by Gasteiger charge is -2.41. The van der Waals surface area contributed by atoms with Crippen LogP contribution in [0.25, 0.3) is 0 Å². The molecule has 0 spiro atoms. The van der Waals surface area contributed by atoms with Gasteiger partial charge in [-0.15, -0.1) is 0 Å². The monoisotopic (exact) mass is 405 g/mol. The summed E-state index contributed by atoms with van der Waals surface area (Å²) in [7, 11) is 0. The van der Waals surface area contributed by atoms with Gasteiger partial charge in [0.25, 0.3) is 0 Å². The molecule has 0 aromatic heterocycles. The van der Waals surface area contributed by atoms with Gasteiger partial charge >= 0.3 is 17.5 Å². The van der Waals surface area contributed by atoms with Gasteiger partial charge in [0, 0.05) is 10.6 Å². The number of halogens is 1. The smallest absolute Gasteiger partial charge is 0.365 e. The highest BCUT2D eigenvalue weighted by molar-refractivity contribution is 6.31. The molecule has 2 aromatic rings. The number of carbonyl (C=O) groups excluding carboxylic acids is 2. The molecule has 8 heteroatoms. The number of para-hydroxylation sites is 1. The summed E-state index contributed by atoms with van der Waals surface area (Å²) < 4.78 is 16.3. The van der Waals surface area contributed by atoms with Crippen LogP contribution in [0.2, 0.25) is 5.02 Å². The fraction of sp³-hybridized carbons (Fsp3) is 0.300. The van der Waals surface area contributed by atoms with Gasteiger partial charge in [-0.1, -0.05) is 29.8 Å². The first-order chi connectivity index (χ1) is 13.4. The minimum Gasteiger partial charge on any atom is -0.508 e. The van der Waals surface area contributed by atoms with Crippen LogP contribution in [0.15, 0.2) is 42.5 Å². The van der Waals surface area contributed by atoms with Gasteiger partial charge in [-0.05, 0) is 38.1 Å². The maximum Gasteiger partial charge on any atom is 0.365 e. The summed E-state index contributed by atoms with van der Waals surface area (Å²) in [4.78, 5) is 26.0. The number of fused-ring (bicyclic) bond motifs is 1. The molecule has 0 aliphatic carbocycles. The highest BCUT2D eigenvalue weighted by atomic mass is 35.5. The standard InChI is InChI=1S/C20H20ClNO6/c1-3-26-18(24)20(19(25)27-4-2)17(13-7-5-6-8-15(13)23)22-14-11-12(21)9-10-16(14)28-20/h5-11,17,22-23H,3-4H2,1-2H3. The molecule has 0 saturated carbocycles. The average molecular weight is 406 g/mol. The molecule has 1 aliphatic heterocycles. The van der Waals surface area contributed by atoms with Crippen molar-refractivity contribution in [3.05, 3.63) is 53.1 Å². The Hall–Kier alpha value is -2.93. The number of carbonyl (C=O) groups is 2. The van der Waals surface area contributed by atoms with Gasteiger partial charge in [0.15, 0.2) is 0 Å². The minimum atomic E-state index is -2.19. The molecule has 28 heavy (non-hydrogen) atoms. The van der Waals surface area contributed by atoms with Crippen LogP contribution < -0.4 is 10.1 Å². The van der Waals surface area contributed by atoms with Crippen LogP contribution in [0.4, 0.5) is 5.69 Å². The van der Waals surface area contributed by atoms with Crippen molar-refractivity contribution in [3.8, 4) is 11.5 Å². The number of anilines is 1. The number of esters is 2. The van der Waals surface area contributed by atoms with Gasteiger partial charge in [0.2, 0.25) is 0 Å².